The van der Waals surface area contributed by atoms with Crippen LogP contribution in [0.4, 0.5) is 0 Å². The Morgan fingerprint density at radius 2 is 2.56 bits per heavy atom. The lowest BCUT2D eigenvalue weighted by atomic mass is 10.3. The number of rotatable bonds is 6. The first-order valence-corrected chi connectivity index (χ1v) is 5.95. The molecule has 0 fully saturated rings. The number of amides is 1. The molecule has 5 nitrogen and oxygen atoms in total. The number of carbonyl (C=O) groups is 1. The molecule has 1 aromatic rings. The highest BCUT2D eigenvalue weighted by molar-refractivity contribution is 7.99. The minimum Gasteiger partial charge on any atom is -0.345 e. The number of hydrogen-bond donors (Lipinski definition) is 1. The summed E-state index contributed by atoms with van der Waals surface area (Å²) in [5.41, 5.74) is 0. The third kappa shape index (κ3) is 4.36. The summed E-state index contributed by atoms with van der Waals surface area (Å²) < 4.78 is 0. The number of nitrogens with one attached hydrogen (secondary N) is 1. The van der Waals surface area contributed by atoms with E-state index in [1.165, 1.54) is 11.8 Å². The van der Waals surface area contributed by atoms with Crippen LogP contribution < -0.4 is 0 Å². The van der Waals surface area contributed by atoms with Gasteiger partial charge in [-0.1, -0.05) is 11.8 Å². The highest BCUT2D eigenvalue weighted by Crippen LogP contribution is 2.13. The van der Waals surface area contributed by atoms with Gasteiger partial charge in [0.1, 0.15) is 0 Å². The van der Waals surface area contributed by atoms with Crippen LogP contribution in [-0.2, 0) is 4.79 Å². The zero-order valence-corrected chi connectivity index (χ0v) is 9.96. The van der Waals surface area contributed by atoms with Crippen molar-refractivity contribution >= 4 is 17.7 Å². The molecule has 1 heterocycles. The van der Waals surface area contributed by atoms with Crippen LogP contribution in [0.25, 0.3) is 0 Å². The quantitative estimate of drug-likeness (QED) is 0.757. The maximum Gasteiger partial charge on any atom is 0.223 e. The van der Waals surface area contributed by atoms with Gasteiger partial charge in [0.2, 0.25) is 5.91 Å². The molecule has 0 aliphatic carbocycles. The topological polar surface area (TPSA) is 72.8 Å². The van der Waals surface area contributed by atoms with Crippen LogP contribution in [0.15, 0.2) is 17.6 Å². The van der Waals surface area contributed by atoms with Crippen LogP contribution >= 0.6 is 11.8 Å². The molecule has 0 aliphatic rings. The Kier molecular flexibility index (Phi) is 5.43. The van der Waals surface area contributed by atoms with Crippen molar-refractivity contribution in [2.45, 2.75) is 18.0 Å². The number of aromatic nitrogens is 2. The van der Waals surface area contributed by atoms with Crippen molar-refractivity contribution in [2.75, 3.05) is 19.3 Å². The van der Waals surface area contributed by atoms with Crippen LogP contribution in [0.5, 0.6) is 0 Å². The standard InChI is InChI=1S/C10H14N4OS/c1-14(7-2-4-11)9(15)3-8-16-10-12-5-6-13-10/h5-6H,2-3,7-8H2,1H3,(H,12,13). The Balaban J connectivity index is 2.17. The number of carbonyl (C=O) groups excluding carboxylic acids is 1. The number of nitrogens with zero attached hydrogens (tertiary/aromatic N) is 3. The second-order valence-corrected chi connectivity index (χ2v) is 4.30. The molecule has 86 valence electrons. The number of thioether (sulfide) groups is 1. The van der Waals surface area contributed by atoms with Gasteiger partial charge in [0.25, 0.3) is 0 Å². The minimum atomic E-state index is 0.0642. The predicted octanol–water partition coefficient (Wildman–Crippen LogP) is 1.26. The van der Waals surface area contributed by atoms with Gasteiger partial charge in [0, 0.05) is 38.2 Å². The highest BCUT2D eigenvalue weighted by Gasteiger charge is 2.08. The summed E-state index contributed by atoms with van der Waals surface area (Å²) in [5, 5.41) is 9.22. The molecular formula is C10H14N4OS. The van der Waals surface area contributed by atoms with E-state index < -0.39 is 0 Å². The van der Waals surface area contributed by atoms with Gasteiger partial charge in [0.15, 0.2) is 5.16 Å². The smallest absolute Gasteiger partial charge is 0.223 e. The molecular weight excluding hydrogens is 224 g/mol. The predicted molar refractivity (Wildman–Crippen MR) is 61.8 cm³/mol. The SMILES string of the molecule is CN(CCC#N)C(=O)CCSc1ncc[nH]1. The first kappa shape index (κ1) is 12.6. The largest absolute Gasteiger partial charge is 0.345 e. The van der Waals surface area contributed by atoms with Crippen LogP contribution in [0.3, 0.4) is 0 Å². The molecule has 6 heteroatoms. The van der Waals surface area contributed by atoms with Crippen molar-refractivity contribution in [2.24, 2.45) is 0 Å². The number of H-pyrrole nitrogens is 1. The molecule has 0 aromatic carbocycles. The molecule has 0 aliphatic heterocycles. The lowest BCUT2D eigenvalue weighted by Crippen LogP contribution is -2.27. The van der Waals surface area contributed by atoms with Crippen molar-refractivity contribution < 1.29 is 4.79 Å². The number of hydrogen-bond acceptors (Lipinski definition) is 4. The average molecular weight is 238 g/mol. The van der Waals surface area contributed by atoms with E-state index in [0.29, 0.717) is 25.1 Å². The van der Waals surface area contributed by atoms with Gasteiger partial charge in [-0.3, -0.25) is 4.79 Å². The molecule has 1 N–H and O–H groups in total. The summed E-state index contributed by atoms with van der Waals surface area (Å²) >= 11 is 1.52. The molecule has 0 bridgehead atoms. The third-order valence-electron chi connectivity index (χ3n) is 2.01. The summed E-state index contributed by atoms with van der Waals surface area (Å²) in [6, 6.07) is 2.02. The lowest BCUT2D eigenvalue weighted by Gasteiger charge is -2.14. The summed E-state index contributed by atoms with van der Waals surface area (Å²) in [4.78, 5) is 20.1. The van der Waals surface area contributed by atoms with Crippen LogP contribution in [0.1, 0.15) is 12.8 Å². The monoisotopic (exact) mass is 238 g/mol. The highest BCUT2D eigenvalue weighted by atomic mass is 32.2. The van der Waals surface area contributed by atoms with Gasteiger partial charge in [0.05, 0.1) is 12.5 Å². The molecule has 1 amide bonds. The Morgan fingerprint density at radius 3 is 3.19 bits per heavy atom. The Morgan fingerprint density at radius 1 is 1.75 bits per heavy atom. The number of aromatic amines is 1. The van der Waals surface area contributed by atoms with E-state index in [1.807, 2.05) is 6.07 Å². The van der Waals surface area contributed by atoms with E-state index in [2.05, 4.69) is 9.97 Å². The van der Waals surface area contributed by atoms with Gasteiger partial charge in [-0.25, -0.2) is 4.98 Å². The lowest BCUT2D eigenvalue weighted by molar-refractivity contribution is -0.129. The first-order valence-electron chi connectivity index (χ1n) is 4.97. The van der Waals surface area contributed by atoms with Crippen LogP contribution in [0.2, 0.25) is 0 Å². The van der Waals surface area contributed by atoms with Crippen molar-refractivity contribution in [3.05, 3.63) is 12.4 Å². The molecule has 0 spiro atoms. The zero-order valence-electron chi connectivity index (χ0n) is 9.14. The summed E-state index contributed by atoms with van der Waals surface area (Å²) in [5.74, 6) is 0.762. The maximum atomic E-state index is 11.5. The fourth-order valence-electron chi connectivity index (χ4n) is 1.10. The number of imidazole rings is 1. The average Bonchev–Trinajstić information content (AvgIpc) is 2.78. The van der Waals surface area contributed by atoms with Gasteiger partial charge in [-0.2, -0.15) is 5.26 Å². The van der Waals surface area contributed by atoms with E-state index in [0.717, 1.165) is 5.16 Å². The van der Waals surface area contributed by atoms with Crippen molar-refractivity contribution in [3.63, 3.8) is 0 Å². The van der Waals surface area contributed by atoms with E-state index in [1.54, 1.807) is 24.3 Å². The zero-order chi connectivity index (χ0) is 11.8. The third-order valence-corrected chi connectivity index (χ3v) is 2.92. The van der Waals surface area contributed by atoms with Crippen LogP contribution in [0, 0.1) is 11.3 Å². The van der Waals surface area contributed by atoms with E-state index in [9.17, 15) is 4.79 Å². The fraction of sp³-hybridized carbons (Fsp3) is 0.500. The van der Waals surface area contributed by atoms with Gasteiger partial charge in [-0.15, -0.1) is 0 Å². The van der Waals surface area contributed by atoms with E-state index >= 15 is 0 Å². The molecule has 1 rings (SSSR count). The van der Waals surface area contributed by atoms with E-state index in [-0.39, 0.29) is 5.91 Å². The van der Waals surface area contributed by atoms with Crippen molar-refractivity contribution in [3.8, 4) is 6.07 Å². The van der Waals surface area contributed by atoms with Crippen molar-refractivity contribution in [1.82, 2.24) is 14.9 Å². The fourth-order valence-corrected chi connectivity index (χ4v) is 1.85. The van der Waals surface area contributed by atoms with Crippen LogP contribution in [-0.4, -0.2) is 40.1 Å². The molecule has 0 atom stereocenters. The summed E-state index contributed by atoms with van der Waals surface area (Å²) in [6.07, 6.45) is 4.28. The Bertz CT molecular complexity index is 357. The van der Waals surface area contributed by atoms with E-state index in [4.69, 9.17) is 5.26 Å². The molecule has 0 saturated heterocycles. The molecule has 1 aromatic heterocycles. The second-order valence-electron chi connectivity index (χ2n) is 3.22. The summed E-state index contributed by atoms with van der Waals surface area (Å²) in [6.45, 7) is 0.501. The Hall–Kier alpha value is -1.48. The van der Waals surface area contributed by atoms with Gasteiger partial charge in [-0.05, 0) is 0 Å². The second kappa shape index (κ2) is 6.90. The molecule has 16 heavy (non-hydrogen) atoms. The van der Waals surface area contributed by atoms with Gasteiger partial charge >= 0.3 is 0 Å². The van der Waals surface area contributed by atoms with Gasteiger partial charge < -0.3 is 9.88 Å². The normalized spacial score (nSPS) is 9.75. The Labute approximate surface area is 98.9 Å². The molecule has 0 saturated carbocycles. The molecule has 0 radical (unpaired) electrons. The summed E-state index contributed by atoms with van der Waals surface area (Å²) in [7, 11) is 1.72. The van der Waals surface area contributed by atoms with Crippen molar-refractivity contribution in [1.29, 1.82) is 5.26 Å². The first-order chi connectivity index (χ1) is 7.74. The number of nitriles is 1. The molecule has 0 unspecified atom stereocenters. The maximum absolute atomic E-state index is 11.5. The minimum absolute atomic E-state index is 0.0642.